The van der Waals surface area contributed by atoms with Gasteiger partial charge in [0.2, 0.25) is 0 Å². The molecule has 2 aromatic rings. The van der Waals surface area contributed by atoms with E-state index in [2.05, 4.69) is 20.9 Å². The van der Waals surface area contributed by atoms with Crippen molar-refractivity contribution >= 4 is 11.3 Å². The van der Waals surface area contributed by atoms with E-state index in [9.17, 15) is 9.59 Å². The molecule has 0 aliphatic rings. The summed E-state index contributed by atoms with van der Waals surface area (Å²) in [5.74, 6) is 5.47. The third-order valence-corrected chi connectivity index (χ3v) is 2.24. The second-order valence-electron chi connectivity index (χ2n) is 2.53. The van der Waals surface area contributed by atoms with E-state index in [4.69, 9.17) is 4.84 Å². The van der Waals surface area contributed by atoms with Crippen molar-refractivity contribution in [3.05, 3.63) is 43.2 Å². The zero-order valence-electron chi connectivity index (χ0n) is 7.84. The van der Waals surface area contributed by atoms with Gasteiger partial charge in [0.1, 0.15) is 5.08 Å². The molecule has 0 unspecified atom stereocenters. The molecule has 0 atom stereocenters. The van der Waals surface area contributed by atoms with Crippen molar-refractivity contribution in [3.8, 4) is 11.8 Å². The van der Waals surface area contributed by atoms with E-state index in [0.717, 1.165) is 4.88 Å². The minimum absolute atomic E-state index is 0.0571. The minimum atomic E-state index is -1.12. The largest absolute Gasteiger partial charge is 0.449 e. The predicted molar refractivity (Wildman–Crippen MR) is 54.1 cm³/mol. The quantitative estimate of drug-likeness (QED) is 0.542. The first-order valence-electron chi connectivity index (χ1n) is 4.15. The average Bonchev–Trinajstić information content (AvgIpc) is 2.85. The van der Waals surface area contributed by atoms with Crippen molar-refractivity contribution in [1.29, 1.82) is 0 Å². The standard InChI is InChI=1S/C9H5NO5S/c11-8-9(12)15-10(14-8)13-5-1-3-7-4-2-6-16-7/h2,4,6H,5H2. The molecule has 2 aromatic heterocycles. The Bertz CT molecular complexity index is 594. The van der Waals surface area contributed by atoms with Gasteiger partial charge in [-0.25, -0.2) is 9.59 Å². The molecule has 82 valence electrons. The molecule has 6 nitrogen and oxygen atoms in total. The molecule has 0 bridgehead atoms. The second kappa shape index (κ2) is 4.55. The maximum absolute atomic E-state index is 10.6. The highest BCUT2D eigenvalue weighted by atomic mass is 32.1. The van der Waals surface area contributed by atoms with E-state index in [1.165, 1.54) is 11.3 Å². The normalized spacial score (nSPS) is 9.50. The average molecular weight is 239 g/mol. The number of hydrogen-bond acceptors (Lipinski definition) is 6. The predicted octanol–water partition coefficient (Wildman–Crippen LogP) is -0.0637. The molecule has 0 saturated carbocycles. The summed E-state index contributed by atoms with van der Waals surface area (Å²) in [7, 11) is 0. The zero-order chi connectivity index (χ0) is 11.4. The summed E-state index contributed by atoms with van der Waals surface area (Å²) >= 11 is 1.49. The lowest BCUT2D eigenvalue weighted by atomic mass is 10.5. The number of aromatic nitrogens is 1. The van der Waals surface area contributed by atoms with Gasteiger partial charge in [-0.1, -0.05) is 17.9 Å². The van der Waals surface area contributed by atoms with E-state index < -0.39 is 11.3 Å². The molecule has 2 rings (SSSR count). The van der Waals surface area contributed by atoms with Gasteiger partial charge >= 0.3 is 11.3 Å². The van der Waals surface area contributed by atoms with E-state index in [0.29, 0.717) is 5.08 Å². The first kappa shape index (κ1) is 10.3. The lowest BCUT2D eigenvalue weighted by molar-refractivity contribution is -0.135. The van der Waals surface area contributed by atoms with Crippen LogP contribution in [-0.2, 0) is 0 Å². The van der Waals surface area contributed by atoms with Crippen LogP contribution in [0, 0.1) is 11.8 Å². The Hall–Kier alpha value is -2.20. The van der Waals surface area contributed by atoms with Crippen LogP contribution in [0.25, 0.3) is 0 Å². The highest BCUT2D eigenvalue weighted by Gasteiger charge is 2.03. The molecule has 7 heteroatoms. The summed E-state index contributed by atoms with van der Waals surface area (Å²) < 4.78 is 8.49. The Morgan fingerprint density at radius 2 is 2.12 bits per heavy atom. The van der Waals surface area contributed by atoms with Crippen LogP contribution in [0.15, 0.2) is 36.1 Å². The lowest BCUT2D eigenvalue weighted by Crippen LogP contribution is -2.14. The SMILES string of the molecule is O=c1on(OCC#Cc2cccs2)oc1=O. The fourth-order valence-corrected chi connectivity index (χ4v) is 1.43. The Balaban J connectivity index is 1.93. The molecule has 0 radical (unpaired) electrons. The molecule has 0 aromatic carbocycles. The molecule has 0 N–H and O–H groups in total. The maximum Gasteiger partial charge on any atom is 0.449 e. The third-order valence-electron chi connectivity index (χ3n) is 1.46. The number of nitrogens with zero attached hydrogens (tertiary/aromatic N) is 1. The van der Waals surface area contributed by atoms with Gasteiger partial charge in [-0.2, -0.15) is 0 Å². The second-order valence-corrected chi connectivity index (χ2v) is 3.48. The highest BCUT2D eigenvalue weighted by molar-refractivity contribution is 7.10. The summed E-state index contributed by atoms with van der Waals surface area (Å²) in [6.07, 6.45) is 0. The first-order chi connectivity index (χ1) is 7.75. The van der Waals surface area contributed by atoms with Crippen molar-refractivity contribution in [2.45, 2.75) is 0 Å². The smallest absolute Gasteiger partial charge is 0.344 e. The molecule has 0 fully saturated rings. The van der Waals surface area contributed by atoms with Gasteiger partial charge in [-0.3, -0.25) is 9.05 Å². The van der Waals surface area contributed by atoms with Crippen molar-refractivity contribution in [2.75, 3.05) is 6.61 Å². The van der Waals surface area contributed by atoms with Crippen LogP contribution in [-0.4, -0.2) is 11.7 Å². The topological polar surface area (TPSA) is 74.6 Å². The maximum atomic E-state index is 10.6. The van der Waals surface area contributed by atoms with Crippen LogP contribution in [0.5, 0.6) is 0 Å². The van der Waals surface area contributed by atoms with E-state index in [-0.39, 0.29) is 6.61 Å². The fourth-order valence-electron chi connectivity index (χ4n) is 0.839. The van der Waals surface area contributed by atoms with Crippen LogP contribution < -0.4 is 16.1 Å². The summed E-state index contributed by atoms with van der Waals surface area (Å²) in [4.78, 5) is 26.7. The molecule has 2 heterocycles. The molecule has 0 aliphatic carbocycles. The van der Waals surface area contributed by atoms with Crippen LogP contribution in [0.2, 0.25) is 0 Å². The monoisotopic (exact) mass is 239 g/mol. The number of rotatable bonds is 2. The first-order valence-corrected chi connectivity index (χ1v) is 5.03. The highest BCUT2D eigenvalue weighted by Crippen LogP contribution is 2.04. The summed E-state index contributed by atoms with van der Waals surface area (Å²) in [6, 6.07) is 3.73. The Kier molecular flexibility index (Phi) is 2.93. The molecule has 16 heavy (non-hydrogen) atoms. The Morgan fingerprint density at radius 3 is 2.75 bits per heavy atom. The Morgan fingerprint density at radius 1 is 1.38 bits per heavy atom. The zero-order valence-corrected chi connectivity index (χ0v) is 8.65. The van der Waals surface area contributed by atoms with E-state index in [1.807, 2.05) is 17.5 Å². The van der Waals surface area contributed by atoms with Gasteiger partial charge in [0, 0.05) is 0 Å². The van der Waals surface area contributed by atoms with Gasteiger partial charge in [-0.15, -0.1) is 11.3 Å². The molecule has 0 spiro atoms. The third kappa shape index (κ3) is 2.43. The number of hydrogen-bond donors (Lipinski definition) is 0. The summed E-state index contributed by atoms with van der Waals surface area (Å²) in [5.41, 5.74) is -2.24. The van der Waals surface area contributed by atoms with Crippen LogP contribution >= 0.6 is 11.3 Å². The fraction of sp³-hybridized carbons (Fsp3) is 0.111. The van der Waals surface area contributed by atoms with Crippen molar-refractivity contribution in [2.24, 2.45) is 0 Å². The van der Waals surface area contributed by atoms with Crippen LogP contribution in [0.1, 0.15) is 4.88 Å². The van der Waals surface area contributed by atoms with Crippen molar-refractivity contribution in [1.82, 2.24) is 5.08 Å². The van der Waals surface area contributed by atoms with Crippen LogP contribution in [0.4, 0.5) is 0 Å². The molecular weight excluding hydrogens is 234 g/mol. The van der Waals surface area contributed by atoms with Crippen molar-refractivity contribution in [3.63, 3.8) is 0 Å². The summed E-state index contributed by atoms with van der Waals surface area (Å²) in [6.45, 7) is -0.0571. The Labute approximate surface area is 92.5 Å². The van der Waals surface area contributed by atoms with E-state index in [1.54, 1.807) is 0 Å². The van der Waals surface area contributed by atoms with Gasteiger partial charge in [-0.05, 0) is 11.4 Å². The van der Waals surface area contributed by atoms with Gasteiger partial charge in [0.05, 0.1) is 4.88 Å². The molecule has 0 aliphatic heterocycles. The summed E-state index contributed by atoms with van der Waals surface area (Å²) in [5, 5.41) is 2.24. The number of thiophene rings is 1. The van der Waals surface area contributed by atoms with E-state index >= 15 is 0 Å². The lowest BCUT2D eigenvalue weighted by Gasteiger charge is -1.92. The van der Waals surface area contributed by atoms with Gasteiger partial charge < -0.3 is 4.84 Å². The van der Waals surface area contributed by atoms with Crippen molar-refractivity contribution < 1.29 is 13.9 Å². The van der Waals surface area contributed by atoms with Gasteiger partial charge in [0.25, 0.3) is 0 Å². The molecule has 0 amide bonds. The molecular formula is C9H5NO5S. The van der Waals surface area contributed by atoms with Crippen LogP contribution in [0.3, 0.4) is 0 Å². The minimum Gasteiger partial charge on any atom is -0.344 e. The molecule has 0 saturated heterocycles. The van der Waals surface area contributed by atoms with Gasteiger partial charge in [0.15, 0.2) is 6.61 Å².